The number of guanidine groups is 1. The molecule has 4 heterocycles. The lowest BCUT2D eigenvalue weighted by Gasteiger charge is -2.36. The summed E-state index contributed by atoms with van der Waals surface area (Å²) in [6.07, 6.45) is 7.26. The molecule has 11 heteroatoms. The van der Waals surface area contributed by atoms with Crippen LogP contribution in [0.4, 0.5) is 4.39 Å². The van der Waals surface area contributed by atoms with Crippen LogP contribution < -0.4 is 5.73 Å². The number of nitrogens with zero attached hydrogens (tertiary/aromatic N) is 5. The first-order valence-electron chi connectivity index (χ1n) is 11.4. The van der Waals surface area contributed by atoms with E-state index in [2.05, 4.69) is 27.9 Å². The SMILES string of the molecule is C=S1(=O)C[C@@](C)(c2sc3c(-c4ccc(-n5cc(CCC)cn5)cc4F)nccc3c2Cl)N=C(N)N1C. The number of aliphatic imine (C=N–C) groups is 1. The van der Waals surface area contributed by atoms with E-state index in [9.17, 15) is 4.21 Å². The van der Waals surface area contributed by atoms with Crippen molar-refractivity contribution in [2.24, 2.45) is 10.7 Å². The molecule has 1 unspecified atom stereocenters. The van der Waals surface area contributed by atoms with E-state index in [4.69, 9.17) is 17.3 Å². The number of aromatic nitrogens is 3. The van der Waals surface area contributed by atoms with Crippen molar-refractivity contribution in [2.75, 3.05) is 12.8 Å². The topological polar surface area (TPSA) is 89.4 Å². The molecule has 1 aromatic carbocycles. The van der Waals surface area contributed by atoms with Gasteiger partial charge in [-0.05, 0) is 43.0 Å². The van der Waals surface area contributed by atoms with Crippen LogP contribution >= 0.6 is 22.9 Å². The fourth-order valence-electron chi connectivity index (χ4n) is 4.47. The van der Waals surface area contributed by atoms with Gasteiger partial charge in [-0.1, -0.05) is 24.9 Å². The molecule has 1 aliphatic rings. The average Bonchev–Trinajstić information content (AvgIpc) is 3.43. The Balaban J connectivity index is 1.60. The standard InChI is InChI=1S/C25H26ClFN6OS2/c1-5-6-15-12-30-33(13-15)16-7-8-17(19(27)11-16)21-22-18(9-10-29-21)20(26)23(35-22)25(2)14-36(4,34)32(3)24(28)31-25/h7-13H,4-6,14H2,1-3H3,(H2,28,31)/t25-,36?/m0/s1. The summed E-state index contributed by atoms with van der Waals surface area (Å²) >= 11 is 8.19. The molecule has 0 amide bonds. The predicted octanol–water partition coefficient (Wildman–Crippen LogP) is 5.00. The van der Waals surface area contributed by atoms with Gasteiger partial charge in [0.2, 0.25) is 5.96 Å². The molecule has 36 heavy (non-hydrogen) atoms. The van der Waals surface area contributed by atoms with Crippen LogP contribution in [0.2, 0.25) is 5.02 Å². The minimum atomic E-state index is -2.68. The summed E-state index contributed by atoms with van der Waals surface area (Å²) in [7, 11) is -1.07. The smallest absolute Gasteiger partial charge is 0.203 e. The molecule has 2 N–H and O–H groups in total. The second-order valence-electron chi connectivity index (χ2n) is 9.15. The van der Waals surface area contributed by atoms with Gasteiger partial charge in [-0.15, -0.1) is 11.3 Å². The zero-order valence-corrected chi connectivity index (χ0v) is 22.6. The van der Waals surface area contributed by atoms with E-state index in [1.165, 1.54) is 21.7 Å². The van der Waals surface area contributed by atoms with E-state index in [1.54, 1.807) is 36.3 Å². The van der Waals surface area contributed by atoms with Gasteiger partial charge in [-0.25, -0.2) is 18.3 Å². The Kier molecular flexibility index (Phi) is 6.09. The highest BCUT2D eigenvalue weighted by atomic mass is 35.5. The zero-order valence-electron chi connectivity index (χ0n) is 20.2. The molecule has 0 fully saturated rings. The predicted molar refractivity (Wildman–Crippen MR) is 148 cm³/mol. The maximum absolute atomic E-state index is 15.4. The molecule has 0 saturated heterocycles. The molecule has 0 radical (unpaired) electrons. The first-order chi connectivity index (χ1) is 17.0. The van der Waals surface area contributed by atoms with Crippen molar-refractivity contribution in [1.82, 2.24) is 19.1 Å². The highest BCUT2D eigenvalue weighted by Gasteiger charge is 2.40. The van der Waals surface area contributed by atoms with Crippen LogP contribution in [0.25, 0.3) is 27.0 Å². The molecule has 7 nitrogen and oxygen atoms in total. The number of thiophene rings is 1. The molecule has 5 rings (SSSR count). The van der Waals surface area contributed by atoms with Crippen molar-refractivity contribution < 1.29 is 8.60 Å². The minimum Gasteiger partial charge on any atom is -0.369 e. The highest BCUT2D eigenvalue weighted by molar-refractivity contribution is 7.98. The summed E-state index contributed by atoms with van der Waals surface area (Å²) in [5.74, 6) is 3.74. The van der Waals surface area contributed by atoms with Gasteiger partial charge < -0.3 is 5.73 Å². The molecule has 0 saturated carbocycles. The van der Waals surface area contributed by atoms with Gasteiger partial charge in [0.1, 0.15) is 11.4 Å². The van der Waals surface area contributed by atoms with E-state index in [0.717, 1.165) is 28.5 Å². The van der Waals surface area contributed by atoms with Crippen LogP contribution in [0.5, 0.6) is 0 Å². The van der Waals surface area contributed by atoms with E-state index in [-0.39, 0.29) is 11.7 Å². The second kappa shape index (κ2) is 8.86. The number of hydrogen-bond donors (Lipinski definition) is 1. The quantitative estimate of drug-likeness (QED) is 0.358. The molecule has 0 bridgehead atoms. The van der Waals surface area contributed by atoms with Gasteiger partial charge in [-0.3, -0.25) is 9.29 Å². The van der Waals surface area contributed by atoms with Crippen LogP contribution in [0, 0.1) is 5.82 Å². The lowest BCUT2D eigenvalue weighted by atomic mass is 10.0. The fraction of sp³-hybridized carbons (Fsp3) is 0.280. The van der Waals surface area contributed by atoms with Crippen LogP contribution in [0.3, 0.4) is 0 Å². The van der Waals surface area contributed by atoms with E-state index >= 15 is 4.39 Å². The number of aryl methyl sites for hydroxylation is 1. The summed E-state index contributed by atoms with van der Waals surface area (Å²) in [6.45, 7) is 3.95. The maximum atomic E-state index is 15.4. The number of hydrogen-bond acceptors (Lipinski definition) is 6. The number of pyridine rings is 1. The van der Waals surface area contributed by atoms with Crippen molar-refractivity contribution in [3.8, 4) is 16.9 Å². The summed E-state index contributed by atoms with van der Waals surface area (Å²) < 4.78 is 32.4. The highest BCUT2D eigenvalue weighted by Crippen LogP contribution is 2.47. The number of halogens is 2. The molecular formula is C25H26ClFN6OS2. The molecule has 1 aliphatic heterocycles. The number of benzene rings is 1. The molecular weight excluding hydrogens is 519 g/mol. The van der Waals surface area contributed by atoms with Gasteiger partial charge >= 0.3 is 0 Å². The Morgan fingerprint density at radius 3 is 2.83 bits per heavy atom. The zero-order chi connectivity index (χ0) is 25.8. The van der Waals surface area contributed by atoms with Crippen LogP contribution in [-0.4, -0.2) is 47.9 Å². The molecule has 2 atom stereocenters. The summed E-state index contributed by atoms with van der Waals surface area (Å²) in [5.41, 5.74) is 7.71. The van der Waals surface area contributed by atoms with Crippen LogP contribution in [-0.2, 0) is 21.7 Å². The lowest BCUT2D eigenvalue weighted by Crippen LogP contribution is -2.50. The Bertz CT molecular complexity index is 1630. The lowest BCUT2D eigenvalue weighted by molar-refractivity contribution is 0.522. The Morgan fingerprint density at radius 2 is 2.14 bits per heavy atom. The van der Waals surface area contributed by atoms with E-state index in [0.29, 0.717) is 26.8 Å². The second-order valence-corrected chi connectivity index (χ2v) is 12.9. The molecule has 0 aliphatic carbocycles. The van der Waals surface area contributed by atoms with Gasteiger partial charge in [0.05, 0.1) is 47.6 Å². The van der Waals surface area contributed by atoms with Crippen molar-refractivity contribution in [3.05, 3.63) is 64.1 Å². The first kappa shape index (κ1) is 24.7. The molecule has 4 aromatic rings. The average molecular weight is 545 g/mol. The maximum Gasteiger partial charge on any atom is 0.203 e. The third-order valence-electron chi connectivity index (χ3n) is 6.37. The molecule has 188 valence electrons. The Morgan fingerprint density at radius 1 is 1.36 bits per heavy atom. The largest absolute Gasteiger partial charge is 0.369 e. The fourth-order valence-corrected chi connectivity index (χ4v) is 8.04. The van der Waals surface area contributed by atoms with Crippen molar-refractivity contribution in [1.29, 1.82) is 0 Å². The summed E-state index contributed by atoms with van der Waals surface area (Å²) in [6, 6.07) is 6.77. The third-order valence-corrected chi connectivity index (χ3v) is 10.5. The van der Waals surface area contributed by atoms with Gasteiger partial charge in [0.15, 0.2) is 0 Å². The summed E-state index contributed by atoms with van der Waals surface area (Å²) in [5, 5.41) is 5.56. The van der Waals surface area contributed by atoms with E-state index in [1.807, 2.05) is 19.2 Å². The van der Waals surface area contributed by atoms with Gasteiger partial charge in [0.25, 0.3) is 0 Å². The Labute approximate surface area is 218 Å². The monoisotopic (exact) mass is 544 g/mol. The normalized spacial score (nSPS) is 22.2. The third kappa shape index (κ3) is 4.07. The first-order valence-corrected chi connectivity index (χ1v) is 14.4. The van der Waals surface area contributed by atoms with E-state index < -0.39 is 21.1 Å². The van der Waals surface area contributed by atoms with Gasteiger partial charge in [0, 0.05) is 36.5 Å². The van der Waals surface area contributed by atoms with Crippen LogP contribution in [0.1, 0.15) is 30.7 Å². The van der Waals surface area contributed by atoms with Gasteiger partial charge in [-0.2, -0.15) is 5.10 Å². The molecule has 0 spiro atoms. The number of nitrogens with two attached hydrogens (primary N) is 1. The summed E-state index contributed by atoms with van der Waals surface area (Å²) in [4.78, 5) is 9.81. The minimum absolute atomic E-state index is 0.137. The van der Waals surface area contributed by atoms with Crippen LogP contribution in [0.15, 0.2) is 47.8 Å². The number of rotatable bonds is 5. The van der Waals surface area contributed by atoms with Crippen molar-refractivity contribution in [3.63, 3.8) is 0 Å². The Hall–Kier alpha value is -2.95. The molecule has 3 aromatic heterocycles. The number of fused-ring (bicyclic) bond motifs is 1. The van der Waals surface area contributed by atoms with Crippen molar-refractivity contribution >= 4 is 54.6 Å². The van der Waals surface area contributed by atoms with Crippen molar-refractivity contribution in [2.45, 2.75) is 32.2 Å².